The number of carbonyl (C=O) groups excluding carboxylic acids is 1. The van der Waals surface area contributed by atoms with Crippen LogP contribution in [0.25, 0.3) is 0 Å². The van der Waals surface area contributed by atoms with Crippen molar-refractivity contribution in [3.05, 3.63) is 34.9 Å². The maximum Gasteiger partial charge on any atom is 0.164 e. The van der Waals surface area contributed by atoms with E-state index >= 15 is 0 Å². The van der Waals surface area contributed by atoms with Gasteiger partial charge in [-0.05, 0) is 44.0 Å². The lowest BCUT2D eigenvalue weighted by Gasteiger charge is -2.21. The van der Waals surface area contributed by atoms with Crippen LogP contribution < -0.4 is 5.32 Å². The van der Waals surface area contributed by atoms with Crippen molar-refractivity contribution in [2.75, 3.05) is 13.1 Å². The van der Waals surface area contributed by atoms with Gasteiger partial charge in [-0.1, -0.05) is 23.7 Å². The van der Waals surface area contributed by atoms with Crippen molar-refractivity contribution in [1.82, 2.24) is 5.32 Å². The first-order valence-corrected chi connectivity index (χ1v) is 6.13. The summed E-state index contributed by atoms with van der Waals surface area (Å²) in [6.45, 7) is 2.06. The number of hydrogen-bond donors (Lipinski definition) is 1. The van der Waals surface area contributed by atoms with Crippen LogP contribution in [0.4, 0.5) is 0 Å². The van der Waals surface area contributed by atoms with Crippen molar-refractivity contribution in [3.8, 4) is 0 Å². The van der Waals surface area contributed by atoms with Gasteiger partial charge in [-0.25, -0.2) is 0 Å². The molecular formula is C13H16ClNO. The van der Waals surface area contributed by atoms with Crippen molar-refractivity contribution < 1.29 is 4.79 Å². The zero-order chi connectivity index (χ0) is 11.4. The molecule has 1 N–H and O–H groups in total. The zero-order valence-corrected chi connectivity index (χ0v) is 9.96. The van der Waals surface area contributed by atoms with Gasteiger partial charge in [0.15, 0.2) is 5.78 Å². The average molecular weight is 238 g/mol. The second kappa shape index (κ2) is 5.46. The quantitative estimate of drug-likeness (QED) is 0.819. The topological polar surface area (TPSA) is 29.1 Å². The number of nitrogens with one attached hydrogen (secondary N) is 1. The molecule has 3 heteroatoms. The van der Waals surface area contributed by atoms with Gasteiger partial charge in [0.1, 0.15) is 0 Å². The molecule has 1 aromatic rings. The maximum atomic E-state index is 12.0. The molecule has 0 saturated carbocycles. The highest BCUT2D eigenvalue weighted by Gasteiger charge is 2.18. The third kappa shape index (κ3) is 2.83. The number of Topliss-reactive ketones (excluding diaryl/α,β-unsaturated/α-hetero) is 1. The Hall–Kier alpha value is -0.860. The standard InChI is InChI=1S/C13H16ClNO/c14-12-4-2-1-3-11(12)13(16)9-10-5-7-15-8-6-10/h1-4,10,15H,5-9H2. The average Bonchev–Trinajstić information content (AvgIpc) is 2.31. The summed E-state index contributed by atoms with van der Waals surface area (Å²) >= 11 is 6.00. The van der Waals surface area contributed by atoms with Gasteiger partial charge in [-0.3, -0.25) is 4.79 Å². The molecule has 2 nitrogen and oxygen atoms in total. The first kappa shape index (κ1) is 11.6. The van der Waals surface area contributed by atoms with Gasteiger partial charge < -0.3 is 5.32 Å². The Balaban J connectivity index is 2.00. The fraction of sp³-hybridized carbons (Fsp3) is 0.462. The lowest BCUT2D eigenvalue weighted by atomic mass is 9.91. The molecule has 1 saturated heterocycles. The molecule has 0 bridgehead atoms. The fourth-order valence-electron chi connectivity index (χ4n) is 2.15. The van der Waals surface area contributed by atoms with Gasteiger partial charge in [0.05, 0.1) is 5.02 Å². The summed E-state index contributed by atoms with van der Waals surface area (Å²) in [5.74, 6) is 0.697. The van der Waals surface area contributed by atoms with E-state index in [4.69, 9.17) is 11.6 Å². The summed E-state index contributed by atoms with van der Waals surface area (Å²) in [6, 6.07) is 7.30. The van der Waals surface area contributed by atoms with Gasteiger partial charge in [0.2, 0.25) is 0 Å². The highest BCUT2D eigenvalue weighted by atomic mass is 35.5. The van der Waals surface area contributed by atoms with E-state index in [0.29, 0.717) is 22.9 Å². The van der Waals surface area contributed by atoms with E-state index in [0.717, 1.165) is 25.9 Å². The highest BCUT2D eigenvalue weighted by Crippen LogP contribution is 2.22. The first-order valence-electron chi connectivity index (χ1n) is 5.76. The molecule has 0 amide bonds. The van der Waals surface area contributed by atoms with Gasteiger partial charge >= 0.3 is 0 Å². The number of carbonyl (C=O) groups is 1. The van der Waals surface area contributed by atoms with Crippen LogP contribution in [0, 0.1) is 5.92 Å². The number of ketones is 1. The molecule has 1 aliphatic heterocycles. The maximum absolute atomic E-state index is 12.0. The van der Waals surface area contributed by atoms with Gasteiger partial charge in [-0.2, -0.15) is 0 Å². The molecule has 2 rings (SSSR count). The summed E-state index contributed by atoms with van der Waals surface area (Å²) in [7, 11) is 0. The van der Waals surface area contributed by atoms with E-state index in [1.54, 1.807) is 6.07 Å². The smallest absolute Gasteiger partial charge is 0.164 e. The van der Waals surface area contributed by atoms with E-state index in [2.05, 4.69) is 5.32 Å². The molecule has 0 spiro atoms. The van der Waals surface area contributed by atoms with Crippen LogP contribution in [0.1, 0.15) is 29.6 Å². The summed E-state index contributed by atoms with van der Waals surface area (Å²) < 4.78 is 0. The highest BCUT2D eigenvalue weighted by molar-refractivity contribution is 6.33. The minimum absolute atomic E-state index is 0.178. The van der Waals surface area contributed by atoms with Crippen molar-refractivity contribution in [3.63, 3.8) is 0 Å². The summed E-state index contributed by atoms with van der Waals surface area (Å²) in [6.07, 6.45) is 2.82. The van der Waals surface area contributed by atoms with Gasteiger partial charge in [0.25, 0.3) is 0 Å². The molecule has 1 heterocycles. The monoisotopic (exact) mass is 237 g/mol. The van der Waals surface area contributed by atoms with Crippen LogP contribution in [-0.4, -0.2) is 18.9 Å². The van der Waals surface area contributed by atoms with E-state index in [9.17, 15) is 4.79 Å². The molecule has 1 fully saturated rings. The third-order valence-corrected chi connectivity index (χ3v) is 3.44. The SMILES string of the molecule is O=C(CC1CCNCC1)c1ccccc1Cl. The molecule has 1 aliphatic rings. The van der Waals surface area contributed by atoms with Gasteiger partial charge in [0, 0.05) is 12.0 Å². The lowest BCUT2D eigenvalue weighted by Crippen LogP contribution is -2.28. The number of hydrogen-bond acceptors (Lipinski definition) is 2. The third-order valence-electron chi connectivity index (χ3n) is 3.11. The minimum Gasteiger partial charge on any atom is -0.317 e. The first-order chi connectivity index (χ1) is 7.77. The van der Waals surface area contributed by atoms with Crippen LogP contribution >= 0.6 is 11.6 Å². The molecule has 0 radical (unpaired) electrons. The molecular weight excluding hydrogens is 222 g/mol. The Bertz CT molecular complexity index is 372. The van der Waals surface area contributed by atoms with Crippen LogP contribution in [0.15, 0.2) is 24.3 Å². The van der Waals surface area contributed by atoms with E-state index in [-0.39, 0.29) is 5.78 Å². The van der Waals surface area contributed by atoms with Crippen molar-refractivity contribution in [2.45, 2.75) is 19.3 Å². The van der Waals surface area contributed by atoms with Crippen molar-refractivity contribution in [1.29, 1.82) is 0 Å². The Morgan fingerprint density at radius 1 is 1.31 bits per heavy atom. The van der Waals surface area contributed by atoms with Gasteiger partial charge in [-0.15, -0.1) is 0 Å². The molecule has 0 aromatic heterocycles. The number of halogens is 1. The van der Waals surface area contributed by atoms with Crippen molar-refractivity contribution in [2.24, 2.45) is 5.92 Å². The van der Waals surface area contributed by atoms with E-state index in [1.807, 2.05) is 18.2 Å². The number of benzene rings is 1. The Morgan fingerprint density at radius 2 is 2.00 bits per heavy atom. The predicted octanol–water partition coefficient (Wildman–Crippen LogP) is 2.91. The fourth-order valence-corrected chi connectivity index (χ4v) is 2.39. The summed E-state index contributed by atoms with van der Waals surface area (Å²) in [5.41, 5.74) is 0.669. The molecule has 0 unspecified atom stereocenters. The Morgan fingerprint density at radius 3 is 2.69 bits per heavy atom. The largest absolute Gasteiger partial charge is 0.317 e. The summed E-state index contributed by atoms with van der Waals surface area (Å²) in [5, 5.41) is 3.87. The second-order valence-corrected chi connectivity index (χ2v) is 4.71. The second-order valence-electron chi connectivity index (χ2n) is 4.30. The molecule has 0 aliphatic carbocycles. The summed E-state index contributed by atoms with van der Waals surface area (Å²) in [4.78, 5) is 12.0. The molecule has 1 aromatic carbocycles. The number of piperidine rings is 1. The predicted molar refractivity (Wildman–Crippen MR) is 66.0 cm³/mol. The van der Waals surface area contributed by atoms with Crippen LogP contribution in [0.5, 0.6) is 0 Å². The minimum atomic E-state index is 0.178. The molecule has 0 atom stereocenters. The van der Waals surface area contributed by atoms with Crippen LogP contribution in [0.3, 0.4) is 0 Å². The van der Waals surface area contributed by atoms with E-state index in [1.165, 1.54) is 0 Å². The normalized spacial score (nSPS) is 17.3. The Kier molecular flexibility index (Phi) is 3.97. The molecule has 16 heavy (non-hydrogen) atoms. The van der Waals surface area contributed by atoms with E-state index < -0.39 is 0 Å². The molecule has 86 valence electrons. The van der Waals surface area contributed by atoms with Crippen LogP contribution in [0.2, 0.25) is 5.02 Å². The van der Waals surface area contributed by atoms with Crippen molar-refractivity contribution >= 4 is 17.4 Å². The van der Waals surface area contributed by atoms with Crippen LogP contribution in [-0.2, 0) is 0 Å². The lowest BCUT2D eigenvalue weighted by molar-refractivity contribution is 0.0952. The Labute approximate surface area is 101 Å². The zero-order valence-electron chi connectivity index (χ0n) is 9.21. The number of rotatable bonds is 3.